The molecule has 17 heavy (non-hydrogen) atoms. The van der Waals surface area contributed by atoms with Crippen LogP contribution in [-0.2, 0) is 0 Å². The van der Waals surface area contributed by atoms with E-state index >= 15 is 0 Å². The molecule has 0 aromatic carbocycles. The van der Waals surface area contributed by atoms with E-state index in [1.807, 2.05) is 18.2 Å². The zero-order chi connectivity index (χ0) is 12.1. The van der Waals surface area contributed by atoms with Crippen molar-refractivity contribution >= 4 is 11.4 Å². The molecule has 2 rings (SSSR count). The fraction of sp³-hybridized carbons (Fsp3) is 0.0769. The van der Waals surface area contributed by atoms with Gasteiger partial charge < -0.3 is 10.8 Å². The summed E-state index contributed by atoms with van der Waals surface area (Å²) in [6.45, 7) is 0. The third-order valence-electron chi connectivity index (χ3n) is 2.34. The van der Waals surface area contributed by atoms with Gasteiger partial charge in [0.15, 0.2) is 0 Å². The molecule has 0 unspecified atom stereocenters. The minimum Gasteiger partial charge on any atom is -0.304 e. The molecule has 0 aliphatic carbocycles. The highest BCUT2D eigenvalue weighted by atomic mass is 14.7. The molecule has 0 aliphatic heterocycles. The van der Waals surface area contributed by atoms with Crippen molar-refractivity contribution in [2.24, 2.45) is 0 Å². The lowest BCUT2D eigenvalue weighted by Gasteiger charge is -2.04. The molecule has 0 spiro atoms. The van der Waals surface area contributed by atoms with Crippen molar-refractivity contribution in [3.05, 3.63) is 60.2 Å². The molecule has 0 fully saturated rings. The standard InChI is InChI=1S/C13H12N4/c14-11(10-4-3-6-16-9-10)8-12(15)13-5-1-2-7-17-13/h1-7,9,14-15H,8H2. The van der Waals surface area contributed by atoms with Gasteiger partial charge in [0.25, 0.3) is 0 Å². The quantitative estimate of drug-likeness (QED) is 0.782. The molecule has 2 N–H and O–H groups in total. The van der Waals surface area contributed by atoms with Crippen LogP contribution < -0.4 is 0 Å². The van der Waals surface area contributed by atoms with E-state index in [0.29, 0.717) is 17.1 Å². The van der Waals surface area contributed by atoms with Gasteiger partial charge >= 0.3 is 0 Å². The SMILES string of the molecule is N=C(CC(=N)c1ccccn1)c1cccnc1. The molecule has 0 aliphatic rings. The Bertz CT molecular complexity index is 470. The number of aromatic nitrogens is 2. The van der Waals surface area contributed by atoms with Gasteiger partial charge in [0.05, 0.1) is 11.4 Å². The Hall–Kier alpha value is -2.36. The third kappa shape index (κ3) is 2.81. The van der Waals surface area contributed by atoms with Crippen LogP contribution in [0.5, 0.6) is 0 Å². The maximum atomic E-state index is 7.90. The van der Waals surface area contributed by atoms with E-state index in [2.05, 4.69) is 9.97 Å². The third-order valence-corrected chi connectivity index (χ3v) is 2.34. The van der Waals surface area contributed by atoms with Crippen molar-refractivity contribution in [2.45, 2.75) is 6.42 Å². The second-order valence-electron chi connectivity index (χ2n) is 3.59. The lowest BCUT2D eigenvalue weighted by molar-refractivity contribution is 1.23. The molecule has 84 valence electrons. The number of nitrogens with one attached hydrogen (secondary N) is 2. The van der Waals surface area contributed by atoms with Crippen LogP contribution in [0.4, 0.5) is 0 Å². The van der Waals surface area contributed by atoms with Gasteiger partial charge in [0.1, 0.15) is 0 Å². The second kappa shape index (κ2) is 5.12. The van der Waals surface area contributed by atoms with Gasteiger partial charge in [-0.1, -0.05) is 12.1 Å². The van der Waals surface area contributed by atoms with Crippen LogP contribution in [0.3, 0.4) is 0 Å². The van der Waals surface area contributed by atoms with Crippen molar-refractivity contribution in [2.75, 3.05) is 0 Å². The predicted octanol–water partition coefficient (Wildman–Crippen LogP) is 2.30. The summed E-state index contributed by atoms with van der Waals surface area (Å²) in [5.41, 5.74) is 2.09. The first-order chi connectivity index (χ1) is 8.27. The lowest BCUT2D eigenvalue weighted by atomic mass is 10.0. The van der Waals surface area contributed by atoms with E-state index in [9.17, 15) is 0 Å². The molecule has 0 bridgehead atoms. The van der Waals surface area contributed by atoms with Crippen LogP contribution in [0.25, 0.3) is 0 Å². The highest BCUT2D eigenvalue weighted by Gasteiger charge is 2.07. The van der Waals surface area contributed by atoms with Crippen LogP contribution in [0.15, 0.2) is 48.9 Å². The minimum atomic E-state index is 0.267. The van der Waals surface area contributed by atoms with Gasteiger partial charge in [-0.25, -0.2) is 0 Å². The van der Waals surface area contributed by atoms with Gasteiger partial charge in [-0.3, -0.25) is 9.97 Å². The molecule has 2 aromatic heterocycles. The van der Waals surface area contributed by atoms with Crippen LogP contribution in [0.2, 0.25) is 0 Å². The maximum absolute atomic E-state index is 7.90. The molecule has 0 amide bonds. The summed E-state index contributed by atoms with van der Waals surface area (Å²) < 4.78 is 0. The van der Waals surface area contributed by atoms with Gasteiger partial charge in [0.2, 0.25) is 0 Å². The van der Waals surface area contributed by atoms with E-state index in [1.54, 1.807) is 30.7 Å². The van der Waals surface area contributed by atoms with Crippen LogP contribution >= 0.6 is 0 Å². The van der Waals surface area contributed by atoms with Crippen molar-refractivity contribution in [3.63, 3.8) is 0 Å². The zero-order valence-corrected chi connectivity index (χ0v) is 9.22. The van der Waals surface area contributed by atoms with Gasteiger partial charge in [0, 0.05) is 36.3 Å². The van der Waals surface area contributed by atoms with Gasteiger partial charge in [-0.2, -0.15) is 0 Å². The van der Waals surface area contributed by atoms with Crippen LogP contribution in [0, 0.1) is 10.8 Å². The minimum absolute atomic E-state index is 0.267. The summed E-state index contributed by atoms with van der Waals surface area (Å²) in [5.74, 6) is 0. The van der Waals surface area contributed by atoms with Crippen molar-refractivity contribution in [3.8, 4) is 0 Å². The number of nitrogens with zero attached hydrogens (tertiary/aromatic N) is 2. The Balaban J connectivity index is 2.08. The summed E-state index contributed by atoms with van der Waals surface area (Å²) in [4.78, 5) is 8.05. The average molecular weight is 224 g/mol. The molecule has 2 aromatic rings. The van der Waals surface area contributed by atoms with E-state index in [1.165, 1.54) is 0 Å². The fourth-order valence-corrected chi connectivity index (χ4v) is 1.45. The van der Waals surface area contributed by atoms with Crippen LogP contribution in [0.1, 0.15) is 17.7 Å². The normalized spacial score (nSPS) is 9.88. The van der Waals surface area contributed by atoms with Crippen molar-refractivity contribution in [1.82, 2.24) is 9.97 Å². The van der Waals surface area contributed by atoms with Gasteiger partial charge in [-0.15, -0.1) is 0 Å². The Morgan fingerprint density at radius 3 is 2.53 bits per heavy atom. The maximum Gasteiger partial charge on any atom is 0.0841 e. The van der Waals surface area contributed by atoms with Crippen molar-refractivity contribution in [1.29, 1.82) is 10.8 Å². The monoisotopic (exact) mass is 224 g/mol. The highest BCUT2D eigenvalue weighted by molar-refractivity contribution is 6.14. The molecule has 0 saturated carbocycles. The molecule has 2 heterocycles. The van der Waals surface area contributed by atoms with E-state index in [4.69, 9.17) is 10.8 Å². The zero-order valence-electron chi connectivity index (χ0n) is 9.22. The first-order valence-electron chi connectivity index (χ1n) is 5.24. The molecular weight excluding hydrogens is 212 g/mol. The second-order valence-corrected chi connectivity index (χ2v) is 3.59. The summed E-state index contributed by atoms with van der Waals surface area (Å²) in [6.07, 6.45) is 5.22. The van der Waals surface area contributed by atoms with Crippen molar-refractivity contribution < 1.29 is 0 Å². The topological polar surface area (TPSA) is 73.5 Å². The average Bonchev–Trinajstić information content (AvgIpc) is 2.40. The Morgan fingerprint density at radius 1 is 1.00 bits per heavy atom. The first kappa shape index (κ1) is 11.1. The number of pyridine rings is 2. The molecular formula is C13H12N4. The number of rotatable bonds is 4. The summed E-state index contributed by atoms with van der Waals surface area (Å²) in [6, 6.07) is 9.03. The first-order valence-corrected chi connectivity index (χ1v) is 5.24. The number of hydrogen-bond donors (Lipinski definition) is 2. The molecule has 0 radical (unpaired) electrons. The molecule has 4 nitrogen and oxygen atoms in total. The highest BCUT2D eigenvalue weighted by Crippen LogP contribution is 2.05. The Labute approximate surface area is 99.4 Å². The molecule has 4 heteroatoms. The fourth-order valence-electron chi connectivity index (χ4n) is 1.45. The smallest absolute Gasteiger partial charge is 0.0841 e. The number of hydrogen-bond acceptors (Lipinski definition) is 4. The lowest BCUT2D eigenvalue weighted by Crippen LogP contribution is -2.10. The predicted molar refractivity (Wildman–Crippen MR) is 66.7 cm³/mol. The summed E-state index contributed by atoms with van der Waals surface area (Å²) in [7, 11) is 0. The summed E-state index contributed by atoms with van der Waals surface area (Å²) in [5, 5.41) is 15.8. The van der Waals surface area contributed by atoms with Gasteiger partial charge in [-0.05, 0) is 18.2 Å². The Kier molecular flexibility index (Phi) is 3.35. The van der Waals surface area contributed by atoms with Crippen LogP contribution in [-0.4, -0.2) is 21.4 Å². The van der Waals surface area contributed by atoms with E-state index in [0.717, 1.165) is 5.56 Å². The summed E-state index contributed by atoms with van der Waals surface area (Å²) >= 11 is 0. The largest absolute Gasteiger partial charge is 0.304 e. The van der Waals surface area contributed by atoms with E-state index in [-0.39, 0.29) is 6.42 Å². The van der Waals surface area contributed by atoms with E-state index < -0.39 is 0 Å². The molecule has 0 saturated heterocycles. The molecule has 0 atom stereocenters. The Morgan fingerprint density at radius 2 is 1.88 bits per heavy atom.